The molecule has 2 aliphatic heterocycles. The van der Waals surface area contributed by atoms with E-state index in [1.807, 2.05) is 27.7 Å². The van der Waals surface area contributed by atoms with Crippen LogP contribution in [-0.4, -0.2) is 84.5 Å². The van der Waals surface area contributed by atoms with Gasteiger partial charge in [-0.25, -0.2) is 23.5 Å². The molecule has 0 saturated heterocycles. The van der Waals surface area contributed by atoms with Gasteiger partial charge in [0, 0.05) is 0 Å². The SMILES string of the molecule is O=CO[O-].OB1OCc2cc(O)c(F)cc21.[C-]#[N+]c1cc(Cl)c(Cl)nc1OCCOC(C)C.[C-]#[N+]c1cc(Cl)c(Oc2cc3c(cc2F)B(O)OC3)nc1OCCOC(C)C.[Cs+]. The second kappa shape index (κ2) is 28.0. The molecule has 17 nitrogen and oxygen atoms in total. The van der Waals surface area contributed by atoms with Crippen LogP contribution in [0.4, 0.5) is 20.2 Å². The molecule has 324 valence electrons. The molecule has 62 heavy (non-hydrogen) atoms. The van der Waals surface area contributed by atoms with E-state index in [0.717, 1.165) is 12.1 Å². The molecule has 0 aliphatic carbocycles. The van der Waals surface area contributed by atoms with E-state index in [1.165, 1.54) is 24.3 Å². The minimum absolute atomic E-state index is 0. The molecular weight excluding hydrogens is 1010 g/mol. The maximum atomic E-state index is 14.3. The number of nitrogens with zero attached hydrogens (tertiary/aromatic N) is 4. The van der Waals surface area contributed by atoms with Crippen LogP contribution in [-0.2, 0) is 41.7 Å². The summed E-state index contributed by atoms with van der Waals surface area (Å²) >= 11 is 17.6. The van der Waals surface area contributed by atoms with Crippen LogP contribution in [0.25, 0.3) is 9.69 Å². The zero-order valence-electron chi connectivity index (χ0n) is 33.7. The Kier molecular flexibility index (Phi) is 24.9. The van der Waals surface area contributed by atoms with Crippen molar-refractivity contribution in [3.8, 4) is 29.1 Å². The van der Waals surface area contributed by atoms with Gasteiger partial charge >= 0.3 is 83.1 Å². The molecule has 2 aromatic carbocycles. The van der Waals surface area contributed by atoms with Crippen molar-refractivity contribution in [3.63, 3.8) is 0 Å². The topological polar surface area (TPSA) is 209 Å². The number of carbonyl (C=O) groups is 1. The van der Waals surface area contributed by atoms with E-state index >= 15 is 0 Å². The Balaban J connectivity index is 0.000000330. The molecule has 25 heteroatoms. The number of halogens is 5. The first-order valence-electron chi connectivity index (χ1n) is 17.7. The van der Waals surface area contributed by atoms with Crippen molar-refractivity contribution < 1.29 is 141 Å². The molecule has 0 unspecified atom stereocenters. The Morgan fingerprint density at radius 1 is 0.790 bits per heavy atom. The third-order valence-corrected chi connectivity index (χ3v) is 8.47. The number of carbonyl (C=O) groups excluding carboxylic acids is 1. The van der Waals surface area contributed by atoms with Gasteiger partial charge in [0.1, 0.15) is 18.4 Å². The molecule has 0 radical (unpaired) electrons. The molecule has 2 aliphatic rings. The number of benzene rings is 2. The molecule has 0 atom stereocenters. The van der Waals surface area contributed by atoms with Crippen LogP contribution < -0.4 is 99.3 Å². The van der Waals surface area contributed by atoms with E-state index in [1.54, 1.807) is 0 Å². The van der Waals surface area contributed by atoms with Crippen molar-refractivity contribution in [1.82, 2.24) is 9.97 Å². The van der Waals surface area contributed by atoms with Crippen molar-refractivity contribution in [2.75, 3.05) is 26.4 Å². The quantitative estimate of drug-likeness (QED) is 0.0334. The monoisotopic (exact) mass is 1040 g/mol. The zero-order chi connectivity index (χ0) is 45.2. The van der Waals surface area contributed by atoms with Crippen LogP contribution in [0.2, 0.25) is 15.2 Å². The van der Waals surface area contributed by atoms with Gasteiger partial charge in [-0.3, -0.25) is 4.79 Å². The number of pyridine rings is 2. The fourth-order valence-electron chi connectivity index (χ4n) is 4.82. The van der Waals surface area contributed by atoms with Crippen LogP contribution in [0.1, 0.15) is 38.8 Å². The van der Waals surface area contributed by atoms with Gasteiger partial charge in [-0.1, -0.05) is 34.8 Å². The van der Waals surface area contributed by atoms with Crippen molar-refractivity contribution in [2.24, 2.45) is 0 Å². The van der Waals surface area contributed by atoms with E-state index in [0.29, 0.717) is 41.9 Å². The number of aromatic nitrogens is 2. The predicted molar refractivity (Wildman–Crippen MR) is 216 cm³/mol. The molecule has 0 bridgehead atoms. The molecule has 0 fully saturated rings. The van der Waals surface area contributed by atoms with Crippen molar-refractivity contribution in [3.05, 3.63) is 97.2 Å². The molecule has 3 N–H and O–H groups in total. The first-order valence-corrected chi connectivity index (χ1v) is 18.8. The molecule has 0 amide bonds. The number of hydrogen-bond donors (Lipinski definition) is 3. The van der Waals surface area contributed by atoms with E-state index in [9.17, 15) is 13.8 Å². The van der Waals surface area contributed by atoms with Gasteiger partial charge in [-0.05, 0) is 86.1 Å². The maximum Gasteiger partial charge on any atom is 1.00 e. The van der Waals surface area contributed by atoms with Gasteiger partial charge in [0.2, 0.25) is 29.0 Å². The normalized spacial score (nSPS) is 11.9. The van der Waals surface area contributed by atoms with Crippen molar-refractivity contribution in [1.29, 1.82) is 0 Å². The number of ether oxygens (including phenoxy) is 5. The van der Waals surface area contributed by atoms with Crippen LogP contribution in [0.5, 0.6) is 29.1 Å². The number of phenols is 1. The van der Waals surface area contributed by atoms with Crippen molar-refractivity contribution >= 4 is 77.8 Å². The third-order valence-electron chi connectivity index (χ3n) is 7.53. The number of fused-ring (bicyclic) bond motifs is 2. The maximum absolute atomic E-state index is 14.3. The fourth-order valence-corrected chi connectivity index (χ4v) is 5.28. The van der Waals surface area contributed by atoms with Gasteiger partial charge < -0.3 is 58.3 Å². The molecule has 0 saturated carbocycles. The number of hydrogen-bond acceptors (Lipinski definition) is 15. The van der Waals surface area contributed by atoms with Gasteiger partial charge in [0.05, 0.1) is 61.8 Å². The predicted octanol–water partition coefficient (Wildman–Crippen LogP) is 2.17. The molecule has 4 aromatic rings. The summed E-state index contributed by atoms with van der Waals surface area (Å²) in [5, 5.41) is 36.6. The first-order chi connectivity index (χ1) is 29.0. The number of aromatic hydroxyl groups is 1. The molecule has 4 heterocycles. The number of rotatable bonds is 13. The summed E-state index contributed by atoms with van der Waals surface area (Å²) in [6, 6.07) is 7.68. The standard InChI is InChI=1S/C18H17BClFN2O5.C11H12Cl2N2O2.C7H6BFO3.CH2O3.Cs/c1-10(2)25-4-5-26-18-15(22-3)8-13(20)17(23-18)28-16-6-11-9-27-19(24)12(11)7-14(16)21;1-7(2)16-4-5-17-11-9(14-3)6-8(12)10(13)15-11;9-6-2-5-4(1-7(6)10)3-12-8(5)11;2-1-4-3;/h6-8,10,24H,4-5,9H2,1-2H3;6-7H,4-5H2,1-2H3;1-2,10-11H,3H2;1,3H;/q;;;;+1/p-1. The Bertz CT molecular complexity index is 2210. The Morgan fingerprint density at radius 3 is 1.74 bits per heavy atom. The van der Waals surface area contributed by atoms with E-state index in [4.69, 9.17) is 101 Å². The molecular formula is C37H36B2Cl3CsF2N4O13. The second-order valence-electron chi connectivity index (χ2n) is 12.5. The van der Waals surface area contributed by atoms with E-state index in [-0.39, 0.29) is 157 Å². The average molecular weight is 1040 g/mol. The summed E-state index contributed by atoms with van der Waals surface area (Å²) in [5.41, 5.74) is 2.31. The van der Waals surface area contributed by atoms with Gasteiger partial charge in [-0.2, -0.15) is 4.98 Å². The molecule has 0 spiro atoms. The molecule has 6 rings (SSSR count). The van der Waals surface area contributed by atoms with Crippen LogP contribution >= 0.6 is 34.8 Å². The molecule has 2 aromatic heterocycles. The van der Waals surface area contributed by atoms with Gasteiger partial charge in [0.25, 0.3) is 6.47 Å². The largest absolute Gasteiger partial charge is 1.00 e. The summed E-state index contributed by atoms with van der Waals surface area (Å²) in [4.78, 5) is 25.9. The van der Waals surface area contributed by atoms with Crippen LogP contribution in [0, 0.1) is 24.8 Å². The summed E-state index contributed by atoms with van der Waals surface area (Å²) < 4.78 is 64.0. The Morgan fingerprint density at radius 2 is 1.26 bits per heavy atom. The second-order valence-corrected chi connectivity index (χ2v) is 13.7. The minimum Gasteiger partial charge on any atom is -0.662 e. The van der Waals surface area contributed by atoms with Gasteiger partial charge in [0.15, 0.2) is 23.1 Å². The summed E-state index contributed by atoms with van der Waals surface area (Å²) in [6.45, 7) is 23.3. The number of phenolic OH excluding ortho intramolecular Hbond substituents is 1. The third kappa shape index (κ3) is 17.2. The average Bonchev–Trinajstić information content (AvgIpc) is 3.77. The fraction of sp³-hybridized carbons (Fsp3) is 0.324. The van der Waals surface area contributed by atoms with Gasteiger partial charge in [-0.15, -0.1) is 0 Å². The summed E-state index contributed by atoms with van der Waals surface area (Å²) in [7, 11) is -2.22. The smallest absolute Gasteiger partial charge is 0.662 e. The summed E-state index contributed by atoms with van der Waals surface area (Å²) in [6.07, 6.45) is 0.187. The first kappa shape index (κ1) is 55.2. The summed E-state index contributed by atoms with van der Waals surface area (Å²) in [5.74, 6) is -1.89. The van der Waals surface area contributed by atoms with Crippen LogP contribution in [0.3, 0.4) is 0 Å². The Hall–Kier alpha value is -2.98. The zero-order valence-corrected chi connectivity index (χ0v) is 42.2. The van der Waals surface area contributed by atoms with E-state index in [2.05, 4.69) is 24.5 Å². The minimum atomic E-state index is -1.16. The Labute approximate surface area is 429 Å². The van der Waals surface area contributed by atoms with Crippen LogP contribution in [0.15, 0.2) is 36.4 Å². The van der Waals surface area contributed by atoms with E-state index < -0.39 is 31.6 Å². The van der Waals surface area contributed by atoms with Crippen molar-refractivity contribution in [2.45, 2.75) is 53.1 Å².